The molecule has 1 aromatic heterocycles. The van der Waals surface area contributed by atoms with Crippen LogP contribution < -0.4 is 4.74 Å². The molecule has 1 aromatic rings. The standard InChI is InChI=1S/C8H6F3NO3/c9-7-4(3-6(13)14)5(1-2-12-7)15-8(10)11/h1-2,8H,3H2,(H,13,14). The van der Waals surface area contributed by atoms with E-state index in [0.29, 0.717) is 0 Å². The van der Waals surface area contributed by atoms with Gasteiger partial charge in [-0.1, -0.05) is 0 Å². The van der Waals surface area contributed by atoms with Crippen molar-refractivity contribution < 1.29 is 27.8 Å². The maximum atomic E-state index is 13.0. The van der Waals surface area contributed by atoms with E-state index in [1.165, 1.54) is 0 Å². The number of pyridine rings is 1. The SMILES string of the molecule is O=C(O)Cc1c(OC(F)F)ccnc1F. The zero-order chi connectivity index (χ0) is 11.4. The maximum Gasteiger partial charge on any atom is 0.387 e. The Morgan fingerprint density at radius 2 is 2.27 bits per heavy atom. The van der Waals surface area contributed by atoms with Crippen molar-refractivity contribution in [1.29, 1.82) is 0 Å². The minimum atomic E-state index is -3.14. The monoisotopic (exact) mass is 221 g/mol. The molecule has 0 amide bonds. The summed E-state index contributed by atoms with van der Waals surface area (Å²) in [5.41, 5.74) is -0.495. The fourth-order valence-corrected chi connectivity index (χ4v) is 0.968. The third kappa shape index (κ3) is 3.12. The molecule has 0 saturated carbocycles. The van der Waals surface area contributed by atoms with Crippen molar-refractivity contribution in [3.63, 3.8) is 0 Å². The van der Waals surface area contributed by atoms with Gasteiger partial charge < -0.3 is 9.84 Å². The Hall–Kier alpha value is -1.79. The first-order chi connectivity index (χ1) is 7.00. The fourth-order valence-electron chi connectivity index (χ4n) is 0.968. The van der Waals surface area contributed by atoms with Gasteiger partial charge in [-0.3, -0.25) is 4.79 Å². The van der Waals surface area contributed by atoms with Gasteiger partial charge in [0.2, 0.25) is 5.95 Å². The number of halogens is 3. The molecule has 7 heteroatoms. The number of carboxylic acids is 1. The predicted molar refractivity (Wildman–Crippen MR) is 42.2 cm³/mol. The third-order valence-electron chi connectivity index (χ3n) is 1.50. The van der Waals surface area contributed by atoms with Gasteiger partial charge in [-0.05, 0) is 6.07 Å². The number of hydrogen-bond donors (Lipinski definition) is 1. The minimum absolute atomic E-state index is 0.495. The van der Waals surface area contributed by atoms with Crippen molar-refractivity contribution in [1.82, 2.24) is 4.98 Å². The van der Waals surface area contributed by atoms with Crippen LogP contribution in [-0.2, 0) is 11.2 Å². The molecule has 0 fully saturated rings. The first-order valence-electron chi connectivity index (χ1n) is 3.80. The summed E-state index contributed by atoms with van der Waals surface area (Å²) in [4.78, 5) is 13.5. The van der Waals surface area contributed by atoms with Gasteiger partial charge in [-0.2, -0.15) is 13.2 Å². The highest BCUT2D eigenvalue weighted by Crippen LogP contribution is 2.22. The molecular weight excluding hydrogens is 215 g/mol. The molecule has 0 atom stereocenters. The summed E-state index contributed by atoms with van der Waals surface area (Å²) in [6.45, 7) is -3.14. The largest absolute Gasteiger partial charge is 0.481 e. The lowest BCUT2D eigenvalue weighted by atomic mass is 10.2. The molecule has 0 radical (unpaired) electrons. The van der Waals surface area contributed by atoms with Crippen molar-refractivity contribution in [2.24, 2.45) is 0 Å². The Morgan fingerprint density at radius 1 is 1.60 bits per heavy atom. The molecule has 0 unspecified atom stereocenters. The molecule has 15 heavy (non-hydrogen) atoms. The van der Waals surface area contributed by atoms with E-state index in [2.05, 4.69) is 9.72 Å². The van der Waals surface area contributed by atoms with Crippen molar-refractivity contribution in [3.05, 3.63) is 23.8 Å². The number of rotatable bonds is 4. The first-order valence-corrected chi connectivity index (χ1v) is 3.80. The average Bonchev–Trinajstić information content (AvgIpc) is 2.09. The number of hydrogen-bond acceptors (Lipinski definition) is 3. The molecule has 0 aliphatic rings. The van der Waals surface area contributed by atoms with E-state index in [9.17, 15) is 18.0 Å². The van der Waals surface area contributed by atoms with E-state index in [0.717, 1.165) is 12.3 Å². The van der Waals surface area contributed by atoms with Crippen LogP contribution in [0, 0.1) is 5.95 Å². The van der Waals surface area contributed by atoms with Crippen LogP contribution in [0.2, 0.25) is 0 Å². The van der Waals surface area contributed by atoms with E-state index >= 15 is 0 Å². The second-order valence-electron chi connectivity index (χ2n) is 2.53. The lowest BCUT2D eigenvalue weighted by Crippen LogP contribution is -2.10. The number of carbonyl (C=O) groups is 1. The van der Waals surface area contributed by atoms with E-state index in [4.69, 9.17) is 5.11 Å². The van der Waals surface area contributed by atoms with Crippen LogP contribution in [-0.4, -0.2) is 22.7 Å². The van der Waals surface area contributed by atoms with Crippen molar-refractivity contribution in [2.75, 3.05) is 0 Å². The second-order valence-corrected chi connectivity index (χ2v) is 2.53. The minimum Gasteiger partial charge on any atom is -0.481 e. The molecule has 0 spiro atoms. The lowest BCUT2D eigenvalue weighted by Gasteiger charge is -2.08. The summed E-state index contributed by atoms with van der Waals surface area (Å²) in [5, 5.41) is 8.41. The van der Waals surface area contributed by atoms with Crippen molar-refractivity contribution in [3.8, 4) is 5.75 Å². The van der Waals surface area contributed by atoms with Gasteiger partial charge in [0.25, 0.3) is 0 Å². The molecule has 0 aliphatic carbocycles. The molecule has 0 bridgehead atoms. The molecule has 0 aliphatic heterocycles. The van der Waals surface area contributed by atoms with Crippen LogP contribution in [0.1, 0.15) is 5.56 Å². The summed E-state index contributed by atoms with van der Waals surface area (Å²) in [7, 11) is 0. The Morgan fingerprint density at radius 3 is 2.80 bits per heavy atom. The first kappa shape index (κ1) is 11.3. The average molecular weight is 221 g/mol. The van der Waals surface area contributed by atoms with Crippen molar-refractivity contribution in [2.45, 2.75) is 13.0 Å². The summed E-state index contributed by atoms with van der Waals surface area (Å²) >= 11 is 0. The van der Waals surface area contributed by atoms with Gasteiger partial charge >= 0.3 is 12.6 Å². The van der Waals surface area contributed by atoms with Gasteiger partial charge in [0.05, 0.1) is 12.0 Å². The molecule has 4 nitrogen and oxygen atoms in total. The van der Waals surface area contributed by atoms with E-state index < -0.39 is 36.3 Å². The van der Waals surface area contributed by atoms with E-state index in [1.54, 1.807) is 0 Å². The number of nitrogens with zero attached hydrogens (tertiary/aromatic N) is 1. The van der Waals surface area contributed by atoms with Crippen LogP contribution >= 0.6 is 0 Å². The predicted octanol–water partition coefficient (Wildman–Crippen LogP) is 1.45. The number of carboxylic acid groups (broad SMARTS) is 1. The van der Waals surface area contributed by atoms with Gasteiger partial charge in [0.1, 0.15) is 5.75 Å². The summed E-state index contributed by atoms with van der Waals surface area (Å²) < 4.78 is 40.6. The number of aromatic nitrogens is 1. The van der Waals surface area contributed by atoms with Crippen LogP contribution in [0.5, 0.6) is 5.75 Å². The molecule has 1 rings (SSSR count). The molecule has 0 aromatic carbocycles. The highest BCUT2D eigenvalue weighted by atomic mass is 19.3. The zero-order valence-electron chi connectivity index (χ0n) is 7.28. The summed E-state index contributed by atoms with van der Waals surface area (Å²) in [6, 6.07) is 0.980. The van der Waals surface area contributed by atoms with Gasteiger partial charge in [-0.15, -0.1) is 0 Å². The Kier molecular flexibility index (Phi) is 3.48. The van der Waals surface area contributed by atoms with Crippen molar-refractivity contribution >= 4 is 5.97 Å². The van der Waals surface area contributed by atoms with Gasteiger partial charge in [-0.25, -0.2) is 4.98 Å². The topological polar surface area (TPSA) is 59.4 Å². The highest BCUT2D eigenvalue weighted by molar-refractivity contribution is 5.71. The van der Waals surface area contributed by atoms with Crippen LogP contribution in [0.15, 0.2) is 12.3 Å². The molecule has 0 saturated heterocycles. The number of ether oxygens (including phenoxy) is 1. The zero-order valence-corrected chi connectivity index (χ0v) is 7.28. The number of alkyl halides is 2. The summed E-state index contributed by atoms with van der Waals surface area (Å²) in [6.07, 6.45) is 0.153. The van der Waals surface area contributed by atoms with Gasteiger partial charge in [0.15, 0.2) is 0 Å². The van der Waals surface area contributed by atoms with Crippen LogP contribution in [0.3, 0.4) is 0 Å². The van der Waals surface area contributed by atoms with Gasteiger partial charge in [0, 0.05) is 6.20 Å². The molecule has 1 N–H and O–H groups in total. The molecule has 82 valence electrons. The third-order valence-corrected chi connectivity index (χ3v) is 1.50. The maximum absolute atomic E-state index is 13.0. The van der Waals surface area contributed by atoms with Crippen LogP contribution in [0.25, 0.3) is 0 Å². The highest BCUT2D eigenvalue weighted by Gasteiger charge is 2.16. The quantitative estimate of drug-likeness (QED) is 0.781. The molecular formula is C8H6F3NO3. The van der Waals surface area contributed by atoms with Crippen LogP contribution in [0.4, 0.5) is 13.2 Å². The molecule has 1 heterocycles. The van der Waals surface area contributed by atoms with E-state index in [1.807, 2.05) is 0 Å². The summed E-state index contributed by atoms with van der Waals surface area (Å²) in [5.74, 6) is -3.00. The normalized spacial score (nSPS) is 10.4. The number of aliphatic carboxylic acids is 1. The Bertz CT molecular complexity index is 370. The second kappa shape index (κ2) is 4.63. The fraction of sp³-hybridized carbons (Fsp3) is 0.250. The smallest absolute Gasteiger partial charge is 0.387 e. The Labute approximate surface area is 82.3 Å². The lowest BCUT2D eigenvalue weighted by molar-refractivity contribution is -0.136. The Balaban J connectivity index is 3.02. The van der Waals surface area contributed by atoms with E-state index in [-0.39, 0.29) is 0 Å².